The van der Waals surface area contributed by atoms with Crippen molar-refractivity contribution in [1.82, 2.24) is 14.7 Å². The second kappa shape index (κ2) is 6.45. The van der Waals surface area contributed by atoms with Gasteiger partial charge >= 0.3 is 0 Å². The van der Waals surface area contributed by atoms with Crippen molar-refractivity contribution < 1.29 is 9.53 Å². The summed E-state index contributed by atoms with van der Waals surface area (Å²) in [5, 5.41) is 4.39. The molecule has 0 spiro atoms. The summed E-state index contributed by atoms with van der Waals surface area (Å²) < 4.78 is 8.51. The van der Waals surface area contributed by atoms with Gasteiger partial charge in [0, 0.05) is 17.6 Å². The molecule has 0 saturated carbocycles. The van der Waals surface area contributed by atoms with Crippen LogP contribution in [-0.4, -0.2) is 45.9 Å². The summed E-state index contributed by atoms with van der Waals surface area (Å²) in [4.78, 5) is 14.7. The van der Waals surface area contributed by atoms with Crippen molar-refractivity contribution in [2.24, 2.45) is 0 Å². The summed E-state index contributed by atoms with van der Waals surface area (Å²) in [5.41, 5.74) is 2.44. The Kier molecular flexibility index (Phi) is 4.55. The average Bonchev–Trinajstić information content (AvgIpc) is 2.88. The van der Waals surface area contributed by atoms with Crippen LogP contribution in [0.1, 0.15) is 29.9 Å². The first-order valence-electron chi connectivity index (χ1n) is 7.71. The number of rotatable bonds is 2. The standard InChI is InChI=1S/C17H20BrN3O2/c1-11-9-20(10-12(2)23-11)17(22)16-8-19-21(13(16)3)15-6-4-14(18)5-7-15/h4-8,11-12H,9-10H2,1-3H3. The van der Waals surface area contributed by atoms with Crippen LogP contribution in [0.5, 0.6) is 0 Å². The van der Waals surface area contributed by atoms with Crippen molar-refractivity contribution in [2.45, 2.75) is 33.0 Å². The van der Waals surface area contributed by atoms with Gasteiger partial charge in [0.15, 0.2) is 0 Å². The van der Waals surface area contributed by atoms with Crippen LogP contribution >= 0.6 is 15.9 Å². The van der Waals surface area contributed by atoms with Crippen LogP contribution in [0.2, 0.25) is 0 Å². The Labute approximate surface area is 144 Å². The molecular weight excluding hydrogens is 358 g/mol. The molecule has 5 nitrogen and oxygen atoms in total. The van der Waals surface area contributed by atoms with Gasteiger partial charge in [-0.05, 0) is 45.0 Å². The number of benzene rings is 1. The van der Waals surface area contributed by atoms with E-state index in [9.17, 15) is 4.79 Å². The number of morpholine rings is 1. The molecule has 0 bridgehead atoms. The van der Waals surface area contributed by atoms with Crippen molar-refractivity contribution in [3.63, 3.8) is 0 Å². The van der Waals surface area contributed by atoms with Crippen LogP contribution in [0.4, 0.5) is 0 Å². The first-order chi connectivity index (χ1) is 11.0. The van der Waals surface area contributed by atoms with Gasteiger partial charge in [0.05, 0.1) is 35.3 Å². The third-order valence-electron chi connectivity index (χ3n) is 4.02. The lowest BCUT2D eigenvalue weighted by atomic mass is 10.1. The Morgan fingerprint density at radius 3 is 2.43 bits per heavy atom. The van der Waals surface area contributed by atoms with Gasteiger partial charge in [-0.25, -0.2) is 4.68 Å². The molecule has 0 radical (unpaired) electrons. The van der Waals surface area contributed by atoms with Crippen LogP contribution in [0, 0.1) is 6.92 Å². The van der Waals surface area contributed by atoms with Crippen molar-refractivity contribution in [3.05, 3.63) is 46.2 Å². The molecule has 1 aromatic heterocycles. The highest BCUT2D eigenvalue weighted by Crippen LogP contribution is 2.20. The predicted molar refractivity (Wildman–Crippen MR) is 91.9 cm³/mol. The Bertz CT molecular complexity index is 701. The zero-order valence-electron chi connectivity index (χ0n) is 13.5. The second-order valence-corrected chi connectivity index (χ2v) is 6.92. The molecule has 6 heteroatoms. The molecule has 1 fully saturated rings. The lowest BCUT2D eigenvalue weighted by Gasteiger charge is -2.35. The number of ether oxygens (including phenoxy) is 1. The molecule has 2 atom stereocenters. The van der Waals surface area contributed by atoms with Gasteiger partial charge in [0.2, 0.25) is 0 Å². The van der Waals surface area contributed by atoms with Crippen LogP contribution in [0.3, 0.4) is 0 Å². The Morgan fingerprint density at radius 1 is 1.22 bits per heavy atom. The van der Waals surface area contributed by atoms with Crippen LogP contribution < -0.4 is 0 Å². The van der Waals surface area contributed by atoms with Crippen LogP contribution in [0.25, 0.3) is 5.69 Å². The van der Waals surface area contributed by atoms with E-state index in [1.54, 1.807) is 10.9 Å². The number of hydrogen-bond donors (Lipinski definition) is 0. The zero-order valence-corrected chi connectivity index (χ0v) is 15.1. The molecular formula is C17H20BrN3O2. The fraction of sp³-hybridized carbons (Fsp3) is 0.412. The van der Waals surface area contributed by atoms with Crippen molar-refractivity contribution in [1.29, 1.82) is 0 Å². The molecule has 1 aliphatic rings. The van der Waals surface area contributed by atoms with E-state index in [4.69, 9.17) is 4.74 Å². The summed E-state index contributed by atoms with van der Waals surface area (Å²) >= 11 is 3.43. The number of carbonyl (C=O) groups excluding carboxylic acids is 1. The topological polar surface area (TPSA) is 47.4 Å². The minimum Gasteiger partial charge on any atom is -0.372 e. The summed E-state index contributed by atoms with van der Waals surface area (Å²) in [5.74, 6) is 0.0212. The average molecular weight is 378 g/mol. The molecule has 122 valence electrons. The van der Waals surface area contributed by atoms with Crippen LogP contribution in [0.15, 0.2) is 34.9 Å². The Balaban J connectivity index is 1.86. The van der Waals surface area contributed by atoms with E-state index in [0.717, 1.165) is 15.9 Å². The van der Waals surface area contributed by atoms with Crippen molar-refractivity contribution in [3.8, 4) is 5.69 Å². The minimum absolute atomic E-state index is 0.0212. The molecule has 2 unspecified atom stereocenters. The molecule has 1 amide bonds. The number of hydrogen-bond acceptors (Lipinski definition) is 3. The minimum atomic E-state index is 0.0212. The Morgan fingerprint density at radius 2 is 1.83 bits per heavy atom. The first kappa shape index (κ1) is 16.2. The number of amides is 1. The van der Waals surface area contributed by atoms with E-state index in [1.807, 2.05) is 49.9 Å². The number of aromatic nitrogens is 2. The van der Waals surface area contributed by atoms with Gasteiger partial charge in [-0.2, -0.15) is 5.10 Å². The lowest BCUT2D eigenvalue weighted by molar-refractivity contribution is -0.0586. The summed E-state index contributed by atoms with van der Waals surface area (Å²) in [7, 11) is 0. The third-order valence-corrected chi connectivity index (χ3v) is 4.55. The van der Waals surface area contributed by atoms with Gasteiger partial charge in [-0.1, -0.05) is 15.9 Å². The van der Waals surface area contributed by atoms with Crippen molar-refractivity contribution >= 4 is 21.8 Å². The first-order valence-corrected chi connectivity index (χ1v) is 8.50. The number of nitrogens with zero attached hydrogens (tertiary/aromatic N) is 3. The van der Waals surface area contributed by atoms with E-state index in [1.165, 1.54) is 0 Å². The SMILES string of the molecule is Cc1c(C(=O)N2CC(C)OC(C)C2)cnn1-c1ccc(Br)cc1. The predicted octanol–water partition coefficient (Wildman–Crippen LogP) is 3.19. The van der Waals surface area contributed by atoms with Gasteiger partial charge in [0.25, 0.3) is 5.91 Å². The van der Waals surface area contributed by atoms with Gasteiger partial charge in [-0.15, -0.1) is 0 Å². The molecule has 3 rings (SSSR count). The fourth-order valence-electron chi connectivity index (χ4n) is 2.98. The van der Waals surface area contributed by atoms with E-state index >= 15 is 0 Å². The maximum atomic E-state index is 12.8. The highest BCUT2D eigenvalue weighted by atomic mass is 79.9. The normalized spacial score (nSPS) is 21.5. The highest BCUT2D eigenvalue weighted by molar-refractivity contribution is 9.10. The number of carbonyl (C=O) groups is 1. The number of halogens is 1. The quantitative estimate of drug-likeness (QED) is 0.807. The Hall–Kier alpha value is -1.66. The van der Waals surface area contributed by atoms with Gasteiger partial charge < -0.3 is 9.64 Å². The molecule has 1 aromatic carbocycles. The third kappa shape index (κ3) is 3.33. The molecule has 1 aliphatic heterocycles. The summed E-state index contributed by atoms with van der Waals surface area (Å²) in [6, 6.07) is 7.86. The maximum Gasteiger partial charge on any atom is 0.257 e. The van der Waals surface area contributed by atoms with Gasteiger partial charge in [-0.3, -0.25) is 4.79 Å². The molecule has 0 aliphatic carbocycles. The van der Waals surface area contributed by atoms with Crippen molar-refractivity contribution in [2.75, 3.05) is 13.1 Å². The van der Waals surface area contributed by atoms with Crippen LogP contribution in [-0.2, 0) is 4.74 Å². The second-order valence-electron chi connectivity index (χ2n) is 6.00. The maximum absolute atomic E-state index is 12.8. The zero-order chi connectivity index (χ0) is 16.6. The lowest BCUT2D eigenvalue weighted by Crippen LogP contribution is -2.48. The molecule has 2 aromatic rings. The monoisotopic (exact) mass is 377 g/mol. The van der Waals surface area contributed by atoms with E-state index in [-0.39, 0.29) is 18.1 Å². The fourth-order valence-corrected chi connectivity index (χ4v) is 3.24. The van der Waals surface area contributed by atoms with E-state index in [2.05, 4.69) is 21.0 Å². The molecule has 23 heavy (non-hydrogen) atoms. The smallest absolute Gasteiger partial charge is 0.257 e. The summed E-state index contributed by atoms with van der Waals surface area (Å²) in [6.07, 6.45) is 1.78. The largest absolute Gasteiger partial charge is 0.372 e. The van der Waals surface area contributed by atoms with Gasteiger partial charge in [0.1, 0.15) is 0 Å². The van der Waals surface area contributed by atoms with E-state index < -0.39 is 0 Å². The highest BCUT2D eigenvalue weighted by Gasteiger charge is 2.28. The molecule has 0 N–H and O–H groups in total. The molecule has 2 heterocycles. The van der Waals surface area contributed by atoms with E-state index in [0.29, 0.717) is 18.7 Å². The molecule has 1 saturated heterocycles. The summed E-state index contributed by atoms with van der Waals surface area (Å²) in [6.45, 7) is 7.15.